The van der Waals surface area contributed by atoms with E-state index in [1.807, 2.05) is 24.0 Å². The highest BCUT2D eigenvalue weighted by molar-refractivity contribution is 7.98. The Hall–Kier alpha value is -0.540. The molecule has 0 aliphatic heterocycles. The van der Waals surface area contributed by atoms with Crippen LogP contribution in [0.15, 0.2) is 18.3 Å². The molecular weight excluding hydrogens is 192 g/mol. The Morgan fingerprint density at radius 1 is 1.50 bits per heavy atom. The molecule has 1 heterocycles. The molecule has 0 radical (unpaired) electrons. The van der Waals surface area contributed by atoms with Gasteiger partial charge in [0.1, 0.15) is 0 Å². The van der Waals surface area contributed by atoms with Gasteiger partial charge in [0, 0.05) is 12.7 Å². The average Bonchev–Trinajstić information content (AvgIpc) is 2.20. The molecule has 0 fully saturated rings. The summed E-state index contributed by atoms with van der Waals surface area (Å²) in [5, 5.41) is 3.40. The van der Waals surface area contributed by atoms with Crippen LogP contribution in [0.2, 0.25) is 0 Å². The van der Waals surface area contributed by atoms with Crippen LogP contribution in [0.5, 0.6) is 0 Å². The number of hydrogen-bond donors (Lipinski definition) is 1. The molecule has 0 bridgehead atoms. The van der Waals surface area contributed by atoms with Crippen LogP contribution in [0.25, 0.3) is 0 Å². The summed E-state index contributed by atoms with van der Waals surface area (Å²) >= 11 is 1.90. The minimum atomic E-state index is 0.890. The Morgan fingerprint density at radius 3 is 3.07 bits per heavy atom. The number of thioether (sulfide) groups is 1. The second-order valence-corrected chi connectivity index (χ2v) is 4.28. The fraction of sp³-hybridized carbons (Fsp3) is 0.545. The smallest absolute Gasteiger partial charge is 0.0570 e. The van der Waals surface area contributed by atoms with E-state index in [4.69, 9.17) is 0 Å². The molecule has 0 aliphatic carbocycles. The lowest BCUT2D eigenvalue weighted by Crippen LogP contribution is -2.16. The van der Waals surface area contributed by atoms with Gasteiger partial charge in [-0.3, -0.25) is 4.98 Å². The van der Waals surface area contributed by atoms with Crippen LogP contribution in [0.3, 0.4) is 0 Å². The molecule has 1 aromatic rings. The third-order valence-corrected chi connectivity index (χ3v) is 2.81. The van der Waals surface area contributed by atoms with Crippen LogP contribution in [0.4, 0.5) is 0 Å². The summed E-state index contributed by atoms with van der Waals surface area (Å²) < 4.78 is 0. The average molecular weight is 210 g/mol. The molecule has 0 atom stereocenters. The van der Waals surface area contributed by atoms with Gasteiger partial charge in [0.25, 0.3) is 0 Å². The summed E-state index contributed by atoms with van der Waals surface area (Å²) in [6.45, 7) is 4.07. The number of aromatic nitrogens is 1. The molecule has 0 saturated heterocycles. The van der Waals surface area contributed by atoms with Crippen LogP contribution in [-0.4, -0.2) is 23.5 Å². The number of nitrogens with one attached hydrogen (secondary N) is 1. The number of hydrogen-bond acceptors (Lipinski definition) is 3. The molecule has 14 heavy (non-hydrogen) atoms. The van der Waals surface area contributed by atoms with Gasteiger partial charge < -0.3 is 5.32 Å². The van der Waals surface area contributed by atoms with Crippen molar-refractivity contribution < 1.29 is 0 Å². The molecule has 0 unspecified atom stereocenters. The zero-order valence-electron chi connectivity index (χ0n) is 8.92. The van der Waals surface area contributed by atoms with Gasteiger partial charge in [-0.2, -0.15) is 11.8 Å². The standard InChI is InChI=1S/C11H18N2S/c1-10-5-3-7-13-11(10)9-12-6-4-8-14-2/h3,5,7,12H,4,6,8-9H2,1-2H3. The van der Waals surface area contributed by atoms with E-state index in [0.29, 0.717) is 0 Å². The third-order valence-electron chi connectivity index (χ3n) is 2.11. The molecular formula is C11H18N2S. The van der Waals surface area contributed by atoms with Crippen molar-refractivity contribution in [3.8, 4) is 0 Å². The lowest BCUT2D eigenvalue weighted by Gasteiger charge is -2.05. The summed E-state index contributed by atoms with van der Waals surface area (Å²) in [6.07, 6.45) is 5.22. The maximum Gasteiger partial charge on any atom is 0.0570 e. The van der Waals surface area contributed by atoms with Gasteiger partial charge in [-0.15, -0.1) is 0 Å². The second-order valence-electron chi connectivity index (χ2n) is 3.29. The summed E-state index contributed by atoms with van der Waals surface area (Å²) in [5.74, 6) is 1.23. The normalized spacial score (nSPS) is 10.4. The first-order valence-corrected chi connectivity index (χ1v) is 6.34. The van der Waals surface area contributed by atoms with E-state index in [0.717, 1.165) is 18.8 Å². The number of aryl methyl sites for hydroxylation is 1. The molecule has 2 nitrogen and oxygen atoms in total. The summed E-state index contributed by atoms with van der Waals surface area (Å²) in [4.78, 5) is 4.33. The van der Waals surface area contributed by atoms with Crippen molar-refractivity contribution in [1.82, 2.24) is 10.3 Å². The highest BCUT2D eigenvalue weighted by Crippen LogP contribution is 2.02. The molecule has 3 heteroatoms. The fourth-order valence-electron chi connectivity index (χ4n) is 1.25. The first kappa shape index (κ1) is 11.5. The van der Waals surface area contributed by atoms with Gasteiger partial charge in [-0.05, 0) is 43.5 Å². The van der Waals surface area contributed by atoms with Crippen molar-refractivity contribution in [2.24, 2.45) is 0 Å². The molecule has 0 amide bonds. The SMILES string of the molecule is CSCCCNCc1ncccc1C. The van der Waals surface area contributed by atoms with Crippen molar-refractivity contribution in [2.75, 3.05) is 18.6 Å². The monoisotopic (exact) mass is 210 g/mol. The van der Waals surface area contributed by atoms with Crippen molar-refractivity contribution in [1.29, 1.82) is 0 Å². The van der Waals surface area contributed by atoms with Crippen molar-refractivity contribution in [3.63, 3.8) is 0 Å². The number of pyridine rings is 1. The Kier molecular flexibility index (Phi) is 5.64. The van der Waals surface area contributed by atoms with E-state index in [1.54, 1.807) is 0 Å². The predicted octanol–water partition coefficient (Wildman–Crippen LogP) is 2.23. The quantitative estimate of drug-likeness (QED) is 0.729. The summed E-state index contributed by atoms with van der Waals surface area (Å²) in [6, 6.07) is 4.08. The van der Waals surface area contributed by atoms with Crippen LogP contribution in [-0.2, 0) is 6.54 Å². The minimum Gasteiger partial charge on any atom is -0.311 e. The molecule has 0 aromatic carbocycles. The maximum absolute atomic E-state index is 4.33. The zero-order chi connectivity index (χ0) is 10.2. The second kappa shape index (κ2) is 6.85. The number of rotatable bonds is 6. The first-order chi connectivity index (χ1) is 6.84. The maximum atomic E-state index is 4.33. The van der Waals surface area contributed by atoms with E-state index in [1.165, 1.54) is 17.7 Å². The Balaban J connectivity index is 2.21. The summed E-state index contributed by atoms with van der Waals surface area (Å²) in [7, 11) is 0. The predicted molar refractivity (Wildman–Crippen MR) is 63.7 cm³/mol. The molecule has 0 spiro atoms. The Labute approximate surface area is 90.5 Å². The van der Waals surface area contributed by atoms with Crippen molar-refractivity contribution in [2.45, 2.75) is 19.9 Å². The van der Waals surface area contributed by atoms with Gasteiger partial charge in [0.2, 0.25) is 0 Å². The van der Waals surface area contributed by atoms with Crippen LogP contribution in [0, 0.1) is 6.92 Å². The lowest BCUT2D eigenvalue weighted by molar-refractivity contribution is 0.664. The van der Waals surface area contributed by atoms with Crippen LogP contribution < -0.4 is 5.32 Å². The minimum absolute atomic E-state index is 0.890. The Bertz CT molecular complexity index is 263. The summed E-state index contributed by atoms with van der Waals surface area (Å²) in [5.41, 5.74) is 2.43. The third kappa shape index (κ3) is 4.11. The van der Waals surface area contributed by atoms with E-state index in [2.05, 4.69) is 29.5 Å². The Morgan fingerprint density at radius 2 is 2.36 bits per heavy atom. The van der Waals surface area contributed by atoms with Crippen LogP contribution in [0.1, 0.15) is 17.7 Å². The van der Waals surface area contributed by atoms with Crippen molar-refractivity contribution in [3.05, 3.63) is 29.6 Å². The molecule has 1 N–H and O–H groups in total. The first-order valence-electron chi connectivity index (χ1n) is 4.94. The van der Waals surface area contributed by atoms with E-state index in [9.17, 15) is 0 Å². The fourth-order valence-corrected chi connectivity index (χ4v) is 1.68. The molecule has 1 aromatic heterocycles. The highest BCUT2D eigenvalue weighted by Gasteiger charge is 1.96. The molecule has 0 saturated carbocycles. The molecule has 0 aliphatic rings. The van der Waals surface area contributed by atoms with Gasteiger partial charge in [-0.1, -0.05) is 6.07 Å². The van der Waals surface area contributed by atoms with E-state index < -0.39 is 0 Å². The lowest BCUT2D eigenvalue weighted by atomic mass is 10.2. The molecule has 78 valence electrons. The van der Waals surface area contributed by atoms with Gasteiger partial charge in [-0.25, -0.2) is 0 Å². The zero-order valence-corrected chi connectivity index (χ0v) is 9.73. The topological polar surface area (TPSA) is 24.9 Å². The number of nitrogens with zero attached hydrogens (tertiary/aromatic N) is 1. The van der Waals surface area contributed by atoms with Crippen LogP contribution >= 0.6 is 11.8 Å². The van der Waals surface area contributed by atoms with Crippen molar-refractivity contribution >= 4 is 11.8 Å². The van der Waals surface area contributed by atoms with E-state index in [-0.39, 0.29) is 0 Å². The van der Waals surface area contributed by atoms with Gasteiger partial charge >= 0.3 is 0 Å². The highest BCUT2D eigenvalue weighted by atomic mass is 32.2. The largest absolute Gasteiger partial charge is 0.311 e. The van der Waals surface area contributed by atoms with Gasteiger partial charge in [0.15, 0.2) is 0 Å². The van der Waals surface area contributed by atoms with Gasteiger partial charge in [0.05, 0.1) is 5.69 Å². The van der Waals surface area contributed by atoms with E-state index >= 15 is 0 Å². The molecule has 1 rings (SSSR count).